The molecule has 3 aromatic carbocycles. The van der Waals surface area contributed by atoms with E-state index < -0.39 is 0 Å². The minimum absolute atomic E-state index is 0.00690. The zero-order valence-electron chi connectivity index (χ0n) is 16.1. The summed E-state index contributed by atoms with van der Waals surface area (Å²) >= 11 is 0. The fourth-order valence-electron chi connectivity index (χ4n) is 3.65. The molecular formula is C23H24N2O3. The fourth-order valence-corrected chi connectivity index (χ4v) is 3.65. The number of carbonyl (C=O) groups is 1. The maximum absolute atomic E-state index is 13.0. The van der Waals surface area contributed by atoms with Crippen molar-refractivity contribution in [3.63, 3.8) is 0 Å². The molecule has 5 nitrogen and oxygen atoms in total. The van der Waals surface area contributed by atoms with E-state index in [9.17, 15) is 4.79 Å². The number of rotatable bonds is 6. The van der Waals surface area contributed by atoms with Gasteiger partial charge in [-0.05, 0) is 35.9 Å². The van der Waals surface area contributed by atoms with E-state index in [1.54, 1.807) is 4.90 Å². The molecule has 0 bridgehead atoms. The van der Waals surface area contributed by atoms with Crippen molar-refractivity contribution in [2.24, 2.45) is 0 Å². The third-order valence-electron chi connectivity index (χ3n) is 5.05. The molecule has 3 aromatic rings. The third-order valence-corrected chi connectivity index (χ3v) is 5.05. The van der Waals surface area contributed by atoms with Crippen LogP contribution in [0.4, 0.5) is 5.69 Å². The van der Waals surface area contributed by atoms with E-state index in [0.717, 1.165) is 27.8 Å². The average molecular weight is 376 g/mol. The minimum atomic E-state index is -0.324. The molecule has 1 unspecified atom stereocenters. The van der Waals surface area contributed by atoms with Crippen molar-refractivity contribution in [3.05, 3.63) is 71.8 Å². The number of fused-ring (bicyclic) bond motifs is 2. The summed E-state index contributed by atoms with van der Waals surface area (Å²) in [6, 6.07) is 19.8. The zero-order valence-corrected chi connectivity index (χ0v) is 16.1. The standard InChI is InChI=1S/C23H24N2O3/c1-3-27-14-15-28-20-13-12-16-8-4-5-9-17(16)21(20)22-24-19-11-7-6-10-18(19)23(26)25(22)2/h4-13,22,24H,3,14-15H2,1-2H3. The van der Waals surface area contributed by atoms with Gasteiger partial charge in [0.25, 0.3) is 5.91 Å². The Morgan fingerprint density at radius 3 is 2.64 bits per heavy atom. The Morgan fingerprint density at radius 2 is 1.79 bits per heavy atom. The molecule has 1 aliphatic rings. The molecule has 1 atom stereocenters. The van der Waals surface area contributed by atoms with Gasteiger partial charge in [0.2, 0.25) is 0 Å². The van der Waals surface area contributed by atoms with Crippen LogP contribution in [0.1, 0.15) is 29.0 Å². The lowest BCUT2D eigenvalue weighted by atomic mass is 9.98. The molecule has 0 fully saturated rings. The molecule has 0 saturated carbocycles. The Balaban J connectivity index is 1.79. The van der Waals surface area contributed by atoms with Crippen LogP contribution < -0.4 is 10.1 Å². The van der Waals surface area contributed by atoms with E-state index >= 15 is 0 Å². The number of benzene rings is 3. The fraction of sp³-hybridized carbons (Fsp3) is 0.261. The smallest absolute Gasteiger partial charge is 0.257 e. The van der Waals surface area contributed by atoms with Crippen molar-refractivity contribution in [2.75, 3.05) is 32.2 Å². The molecule has 1 amide bonds. The van der Waals surface area contributed by atoms with Gasteiger partial charge in [0.1, 0.15) is 18.5 Å². The van der Waals surface area contributed by atoms with Gasteiger partial charge in [0, 0.05) is 24.9 Å². The number of hydrogen-bond acceptors (Lipinski definition) is 4. The van der Waals surface area contributed by atoms with Gasteiger partial charge in [-0.1, -0.05) is 42.5 Å². The second-order valence-corrected chi connectivity index (χ2v) is 6.75. The molecule has 0 radical (unpaired) electrons. The van der Waals surface area contributed by atoms with E-state index in [1.165, 1.54) is 0 Å². The van der Waals surface area contributed by atoms with Crippen molar-refractivity contribution >= 4 is 22.4 Å². The summed E-state index contributed by atoms with van der Waals surface area (Å²) < 4.78 is 11.5. The molecular weight excluding hydrogens is 352 g/mol. The van der Waals surface area contributed by atoms with Gasteiger partial charge in [0.05, 0.1) is 12.2 Å². The molecule has 1 aliphatic heterocycles. The first kappa shape index (κ1) is 18.3. The molecule has 0 saturated heterocycles. The van der Waals surface area contributed by atoms with E-state index in [1.807, 2.05) is 62.5 Å². The number of para-hydroxylation sites is 1. The lowest BCUT2D eigenvalue weighted by Crippen LogP contribution is -2.40. The Kier molecular flexibility index (Phi) is 5.17. The Morgan fingerprint density at radius 1 is 1.00 bits per heavy atom. The van der Waals surface area contributed by atoms with Gasteiger partial charge in [0.15, 0.2) is 0 Å². The number of nitrogens with one attached hydrogen (secondary N) is 1. The second kappa shape index (κ2) is 7.90. The molecule has 28 heavy (non-hydrogen) atoms. The van der Waals surface area contributed by atoms with Gasteiger partial charge in [-0.15, -0.1) is 0 Å². The summed E-state index contributed by atoms with van der Waals surface area (Å²) in [4.78, 5) is 14.7. The van der Waals surface area contributed by atoms with Crippen molar-refractivity contribution in [1.82, 2.24) is 4.90 Å². The van der Waals surface area contributed by atoms with E-state index in [4.69, 9.17) is 9.47 Å². The molecule has 4 rings (SSSR count). The highest BCUT2D eigenvalue weighted by molar-refractivity contribution is 6.02. The monoisotopic (exact) mass is 376 g/mol. The van der Waals surface area contributed by atoms with Crippen LogP contribution in [0.25, 0.3) is 10.8 Å². The Bertz CT molecular complexity index is 1000. The maximum atomic E-state index is 13.0. The summed E-state index contributed by atoms with van der Waals surface area (Å²) in [6.07, 6.45) is -0.324. The number of ether oxygens (including phenoxy) is 2. The molecule has 0 aromatic heterocycles. The van der Waals surface area contributed by atoms with Crippen molar-refractivity contribution in [2.45, 2.75) is 13.1 Å². The molecule has 144 valence electrons. The number of nitrogens with zero attached hydrogens (tertiary/aromatic N) is 1. The Hall–Kier alpha value is -3.05. The lowest BCUT2D eigenvalue weighted by Gasteiger charge is -2.36. The van der Waals surface area contributed by atoms with Crippen LogP contribution in [0.15, 0.2) is 60.7 Å². The third kappa shape index (κ3) is 3.29. The van der Waals surface area contributed by atoms with Crippen LogP contribution in [-0.4, -0.2) is 37.7 Å². The van der Waals surface area contributed by atoms with Crippen LogP contribution in [0.5, 0.6) is 5.75 Å². The average Bonchev–Trinajstić information content (AvgIpc) is 2.74. The van der Waals surface area contributed by atoms with Crippen LogP contribution >= 0.6 is 0 Å². The Labute approximate surface area is 164 Å². The van der Waals surface area contributed by atoms with Crippen LogP contribution in [0.2, 0.25) is 0 Å². The first-order valence-corrected chi connectivity index (χ1v) is 9.55. The summed E-state index contributed by atoms with van der Waals surface area (Å²) in [5.41, 5.74) is 2.48. The molecule has 0 spiro atoms. The molecule has 0 aliphatic carbocycles. The van der Waals surface area contributed by atoms with Crippen LogP contribution in [0.3, 0.4) is 0 Å². The van der Waals surface area contributed by atoms with E-state index in [0.29, 0.717) is 25.4 Å². The summed E-state index contributed by atoms with van der Waals surface area (Å²) in [7, 11) is 1.82. The van der Waals surface area contributed by atoms with Crippen LogP contribution in [0, 0.1) is 0 Å². The van der Waals surface area contributed by atoms with Crippen molar-refractivity contribution < 1.29 is 14.3 Å². The largest absolute Gasteiger partial charge is 0.491 e. The summed E-state index contributed by atoms with van der Waals surface area (Å²) in [5.74, 6) is 0.752. The number of hydrogen-bond donors (Lipinski definition) is 1. The highest BCUT2D eigenvalue weighted by Crippen LogP contribution is 2.39. The predicted molar refractivity (Wildman–Crippen MR) is 111 cm³/mol. The SMILES string of the molecule is CCOCCOc1ccc2ccccc2c1C1Nc2ccccc2C(=O)N1C. The van der Waals surface area contributed by atoms with E-state index in [-0.39, 0.29) is 12.1 Å². The first-order chi connectivity index (χ1) is 13.7. The van der Waals surface area contributed by atoms with Crippen molar-refractivity contribution in [1.29, 1.82) is 0 Å². The second-order valence-electron chi connectivity index (χ2n) is 6.75. The number of anilines is 1. The van der Waals surface area contributed by atoms with E-state index in [2.05, 4.69) is 17.4 Å². The highest BCUT2D eigenvalue weighted by atomic mass is 16.5. The predicted octanol–water partition coefficient (Wildman–Crippen LogP) is 4.45. The first-order valence-electron chi connectivity index (χ1n) is 9.55. The maximum Gasteiger partial charge on any atom is 0.257 e. The molecule has 1 heterocycles. The summed E-state index contributed by atoms with van der Waals surface area (Å²) in [6.45, 7) is 3.61. The van der Waals surface area contributed by atoms with Crippen molar-refractivity contribution in [3.8, 4) is 5.75 Å². The number of carbonyl (C=O) groups excluding carboxylic acids is 1. The summed E-state index contributed by atoms with van der Waals surface area (Å²) in [5, 5.41) is 5.69. The zero-order chi connectivity index (χ0) is 19.5. The topological polar surface area (TPSA) is 50.8 Å². The minimum Gasteiger partial charge on any atom is -0.491 e. The van der Waals surface area contributed by atoms with Gasteiger partial charge >= 0.3 is 0 Å². The normalized spacial score (nSPS) is 16.0. The van der Waals surface area contributed by atoms with Gasteiger partial charge in [-0.3, -0.25) is 4.79 Å². The van der Waals surface area contributed by atoms with Gasteiger partial charge in [-0.25, -0.2) is 0 Å². The lowest BCUT2D eigenvalue weighted by molar-refractivity contribution is 0.0731. The van der Waals surface area contributed by atoms with Crippen LogP contribution in [-0.2, 0) is 4.74 Å². The molecule has 5 heteroatoms. The quantitative estimate of drug-likeness (QED) is 0.646. The highest BCUT2D eigenvalue weighted by Gasteiger charge is 2.32. The van der Waals surface area contributed by atoms with Gasteiger partial charge in [-0.2, -0.15) is 0 Å². The molecule has 1 N–H and O–H groups in total. The number of amides is 1. The van der Waals surface area contributed by atoms with Gasteiger partial charge < -0.3 is 19.7 Å².